The minimum Gasteiger partial charge on any atom is -0.487 e. The predicted molar refractivity (Wildman–Crippen MR) is 131 cm³/mol. The van der Waals surface area contributed by atoms with E-state index in [1.807, 2.05) is 25.1 Å². The molecule has 1 N–H and O–H groups in total. The summed E-state index contributed by atoms with van der Waals surface area (Å²) in [5.74, 6) is 0.0340. The molecule has 1 spiro atoms. The molecule has 34 heavy (non-hydrogen) atoms. The molecule has 182 valence electrons. The summed E-state index contributed by atoms with van der Waals surface area (Å²) in [6, 6.07) is 11.8. The average molecular weight is 467 g/mol. The Morgan fingerprint density at radius 2 is 1.91 bits per heavy atom. The van der Waals surface area contributed by atoms with E-state index in [1.54, 1.807) is 6.07 Å². The predicted octanol–water partition coefficient (Wildman–Crippen LogP) is 4.97. The van der Waals surface area contributed by atoms with Gasteiger partial charge < -0.3 is 19.7 Å². The van der Waals surface area contributed by atoms with Crippen LogP contribution < -0.4 is 10.1 Å². The second-order valence-corrected chi connectivity index (χ2v) is 9.88. The van der Waals surface area contributed by atoms with Crippen molar-refractivity contribution in [3.8, 4) is 16.9 Å². The fourth-order valence-corrected chi connectivity index (χ4v) is 5.46. The van der Waals surface area contributed by atoms with Gasteiger partial charge in [0.1, 0.15) is 17.2 Å². The maximum atomic E-state index is 14.7. The van der Waals surface area contributed by atoms with Crippen LogP contribution >= 0.6 is 0 Å². The lowest BCUT2D eigenvalue weighted by Crippen LogP contribution is -2.53. The van der Waals surface area contributed by atoms with Crippen molar-refractivity contribution in [3.63, 3.8) is 0 Å². The Bertz CT molecular complexity index is 1030. The molecule has 1 amide bonds. The van der Waals surface area contributed by atoms with Gasteiger partial charge in [-0.2, -0.15) is 0 Å². The quantitative estimate of drug-likeness (QED) is 0.586. The monoisotopic (exact) mass is 466 g/mol. The number of ether oxygens (including phenoxy) is 2. The number of carbonyl (C=O) groups excluding carboxylic acids is 1. The second kappa shape index (κ2) is 10.0. The van der Waals surface area contributed by atoms with Crippen molar-refractivity contribution in [2.45, 2.75) is 63.5 Å². The van der Waals surface area contributed by atoms with Crippen LogP contribution in [0.1, 0.15) is 61.4 Å². The van der Waals surface area contributed by atoms with E-state index in [2.05, 4.69) is 16.3 Å². The van der Waals surface area contributed by atoms with Crippen LogP contribution in [-0.4, -0.2) is 55.3 Å². The first kappa shape index (κ1) is 23.3. The van der Waals surface area contributed by atoms with E-state index in [-0.39, 0.29) is 11.2 Å². The Kier molecular flexibility index (Phi) is 6.89. The highest BCUT2D eigenvalue weighted by atomic mass is 19.1. The number of piperidine rings is 1. The third-order valence-corrected chi connectivity index (χ3v) is 7.82. The zero-order valence-electron chi connectivity index (χ0n) is 20.1. The molecular weight excluding hydrogens is 431 g/mol. The summed E-state index contributed by atoms with van der Waals surface area (Å²) < 4.78 is 26.5. The van der Waals surface area contributed by atoms with E-state index in [4.69, 9.17) is 9.47 Å². The lowest BCUT2D eigenvalue weighted by molar-refractivity contribution is -0.0336. The minimum atomic E-state index is -0.516. The zero-order valence-corrected chi connectivity index (χ0v) is 20.1. The standard InChI is InChI=1S/C28H35FN2O3/c1-2-33-17-14-30-27(32)24-8-6-21(19-25(24)29)20-7-9-26-22(18-20)10-11-28(34-26)12-15-31(16-13-28)23-4-3-5-23/h6-9,18-19,23H,2-5,10-17H2,1H3,(H,30,32). The van der Waals surface area contributed by atoms with E-state index in [0.717, 1.165) is 61.7 Å². The smallest absolute Gasteiger partial charge is 0.254 e. The summed E-state index contributed by atoms with van der Waals surface area (Å²) in [6.45, 7) is 5.54. The van der Waals surface area contributed by atoms with Gasteiger partial charge in [-0.05, 0) is 86.4 Å². The van der Waals surface area contributed by atoms with E-state index in [1.165, 1.54) is 30.9 Å². The number of nitrogens with one attached hydrogen (secondary N) is 1. The van der Waals surface area contributed by atoms with Crippen molar-refractivity contribution in [1.82, 2.24) is 10.2 Å². The Morgan fingerprint density at radius 1 is 1.15 bits per heavy atom. The molecule has 0 unspecified atom stereocenters. The van der Waals surface area contributed by atoms with Gasteiger partial charge in [0.2, 0.25) is 0 Å². The number of rotatable bonds is 7. The van der Waals surface area contributed by atoms with Gasteiger partial charge in [-0.15, -0.1) is 0 Å². The number of likely N-dealkylation sites (tertiary alicyclic amines) is 1. The van der Waals surface area contributed by atoms with Crippen LogP contribution in [0.2, 0.25) is 0 Å². The lowest BCUT2D eigenvalue weighted by atomic mass is 9.81. The number of halogens is 1. The van der Waals surface area contributed by atoms with Crippen LogP contribution in [0.3, 0.4) is 0 Å². The molecule has 1 saturated carbocycles. The van der Waals surface area contributed by atoms with Gasteiger partial charge in [0.15, 0.2) is 0 Å². The van der Waals surface area contributed by atoms with Crippen LogP contribution in [0, 0.1) is 5.82 Å². The van der Waals surface area contributed by atoms with Gasteiger partial charge in [0, 0.05) is 32.3 Å². The highest BCUT2D eigenvalue weighted by Crippen LogP contribution is 2.42. The molecule has 0 aromatic heterocycles. The molecule has 3 aliphatic rings. The van der Waals surface area contributed by atoms with Crippen molar-refractivity contribution >= 4 is 5.91 Å². The van der Waals surface area contributed by atoms with Gasteiger partial charge in [-0.25, -0.2) is 4.39 Å². The molecule has 0 bridgehead atoms. The Balaban J connectivity index is 1.24. The average Bonchev–Trinajstić information content (AvgIpc) is 2.82. The number of aryl methyl sites for hydroxylation is 1. The van der Waals surface area contributed by atoms with E-state index >= 15 is 0 Å². The van der Waals surface area contributed by atoms with Crippen LogP contribution in [0.25, 0.3) is 11.1 Å². The Hall–Kier alpha value is -2.44. The number of nitrogens with zero attached hydrogens (tertiary/aromatic N) is 1. The van der Waals surface area contributed by atoms with Crippen LogP contribution in [0.4, 0.5) is 4.39 Å². The van der Waals surface area contributed by atoms with Crippen molar-refractivity contribution in [3.05, 3.63) is 53.3 Å². The molecule has 2 fully saturated rings. The number of carbonyl (C=O) groups is 1. The van der Waals surface area contributed by atoms with Crippen molar-refractivity contribution in [2.75, 3.05) is 32.8 Å². The van der Waals surface area contributed by atoms with Crippen LogP contribution in [0.15, 0.2) is 36.4 Å². The van der Waals surface area contributed by atoms with Crippen LogP contribution in [0.5, 0.6) is 5.75 Å². The van der Waals surface area contributed by atoms with E-state index in [0.29, 0.717) is 19.8 Å². The van der Waals surface area contributed by atoms with Gasteiger partial charge in [0.05, 0.1) is 12.2 Å². The molecule has 2 aromatic rings. The maximum absolute atomic E-state index is 14.7. The molecule has 2 aliphatic heterocycles. The lowest BCUT2D eigenvalue weighted by Gasteiger charge is -2.48. The van der Waals surface area contributed by atoms with Gasteiger partial charge >= 0.3 is 0 Å². The molecule has 2 aromatic carbocycles. The summed E-state index contributed by atoms with van der Waals surface area (Å²) in [7, 11) is 0. The third kappa shape index (κ3) is 4.84. The summed E-state index contributed by atoms with van der Waals surface area (Å²) in [4.78, 5) is 14.9. The first-order chi connectivity index (χ1) is 16.6. The van der Waals surface area contributed by atoms with Crippen molar-refractivity contribution < 1.29 is 18.7 Å². The van der Waals surface area contributed by atoms with Crippen LogP contribution in [-0.2, 0) is 11.2 Å². The molecule has 5 nitrogen and oxygen atoms in total. The summed E-state index contributed by atoms with van der Waals surface area (Å²) >= 11 is 0. The summed E-state index contributed by atoms with van der Waals surface area (Å²) in [5, 5.41) is 2.69. The minimum absolute atomic E-state index is 0.0297. The van der Waals surface area contributed by atoms with Crippen molar-refractivity contribution in [2.24, 2.45) is 0 Å². The molecule has 0 radical (unpaired) electrons. The largest absolute Gasteiger partial charge is 0.487 e. The molecule has 0 atom stereocenters. The zero-order chi connectivity index (χ0) is 23.5. The topological polar surface area (TPSA) is 50.8 Å². The third-order valence-electron chi connectivity index (χ3n) is 7.82. The highest BCUT2D eigenvalue weighted by Gasteiger charge is 2.41. The molecule has 5 rings (SSSR count). The van der Waals surface area contributed by atoms with Crippen molar-refractivity contribution in [1.29, 1.82) is 0 Å². The second-order valence-electron chi connectivity index (χ2n) is 9.88. The molecule has 1 saturated heterocycles. The molecule has 2 heterocycles. The Morgan fingerprint density at radius 3 is 2.62 bits per heavy atom. The SMILES string of the molecule is CCOCCNC(=O)c1ccc(-c2ccc3c(c2)CCC2(CCN(C4CCC4)CC2)O3)cc1F. The first-order valence-electron chi connectivity index (χ1n) is 12.8. The molecule has 6 heteroatoms. The number of hydrogen-bond donors (Lipinski definition) is 1. The highest BCUT2D eigenvalue weighted by molar-refractivity contribution is 5.95. The molecule has 1 aliphatic carbocycles. The fraction of sp³-hybridized carbons (Fsp3) is 0.536. The number of amides is 1. The van der Waals surface area contributed by atoms with Gasteiger partial charge in [0.25, 0.3) is 5.91 Å². The van der Waals surface area contributed by atoms with Gasteiger partial charge in [-0.1, -0.05) is 18.6 Å². The number of fused-ring (bicyclic) bond motifs is 1. The number of benzene rings is 2. The van der Waals surface area contributed by atoms with E-state index in [9.17, 15) is 9.18 Å². The molecular formula is C28H35FN2O3. The fourth-order valence-electron chi connectivity index (χ4n) is 5.46. The number of hydrogen-bond acceptors (Lipinski definition) is 4. The normalized spacial score (nSPS) is 19.8. The maximum Gasteiger partial charge on any atom is 0.254 e. The van der Waals surface area contributed by atoms with E-state index < -0.39 is 11.7 Å². The summed E-state index contributed by atoms with van der Waals surface area (Å²) in [6.07, 6.45) is 8.33. The van der Waals surface area contributed by atoms with Gasteiger partial charge in [-0.3, -0.25) is 4.79 Å². The Labute approximate surface area is 201 Å². The first-order valence-corrected chi connectivity index (χ1v) is 12.8. The summed E-state index contributed by atoms with van der Waals surface area (Å²) in [5.41, 5.74) is 2.91.